The van der Waals surface area contributed by atoms with Crippen LogP contribution in [0.3, 0.4) is 0 Å². The number of halogens is 1. The number of hydrogen-bond acceptors (Lipinski definition) is 5. The normalized spacial score (nSPS) is 14.2. The number of benzene rings is 2. The van der Waals surface area contributed by atoms with Gasteiger partial charge in [0.2, 0.25) is 11.8 Å². The molecule has 8 heteroatoms. The number of nitrogens with zero attached hydrogens (tertiary/aromatic N) is 3. The van der Waals surface area contributed by atoms with Crippen molar-refractivity contribution in [2.24, 2.45) is 0 Å². The summed E-state index contributed by atoms with van der Waals surface area (Å²) in [6.07, 6.45) is 3.16. The summed E-state index contributed by atoms with van der Waals surface area (Å²) in [5.74, 6) is 0.729. The van der Waals surface area contributed by atoms with Crippen LogP contribution in [0.25, 0.3) is 11.3 Å². The number of piperazine rings is 1. The molecule has 1 aliphatic rings. The van der Waals surface area contributed by atoms with Gasteiger partial charge in [0.15, 0.2) is 11.7 Å². The molecule has 0 aliphatic carbocycles. The predicted molar refractivity (Wildman–Crippen MR) is 128 cm³/mol. The molecule has 1 N–H and O–H groups in total. The summed E-state index contributed by atoms with van der Waals surface area (Å²) in [4.78, 5) is 33.2. The Labute approximate surface area is 198 Å². The maximum atomic E-state index is 13.1. The van der Waals surface area contributed by atoms with Crippen LogP contribution in [0.2, 0.25) is 0 Å². The molecule has 2 amide bonds. The van der Waals surface area contributed by atoms with Gasteiger partial charge in [0.1, 0.15) is 5.82 Å². The highest BCUT2D eigenvalue weighted by molar-refractivity contribution is 5.93. The van der Waals surface area contributed by atoms with Crippen molar-refractivity contribution in [1.29, 1.82) is 0 Å². The van der Waals surface area contributed by atoms with Gasteiger partial charge in [-0.05, 0) is 42.3 Å². The lowest BCUT2D eigenvalue weighted by Gasteiger charge is -2.34. The number of nitrogens with one attached hydrogen (secondary N) is 1. The summed E-state index contributed by atoms with van der Waals surface area (Å²) in [6.45, 7) is 4.86. The van der Waals surface area contributed by atoms with Crippen molar-refractivity contribution < 1.29 is 18.4 Å². The van der Waals surface area contributed by atoms with Crippen LogP contribution in [0, 0.1) is 5.82 Å². The van der Waals surface area contributed by atoms with E-state index < -0.39 is 0 Å². The summed E-state index contributed by atoms with van der Waals surface area (Å²) in [5.41, 5.74) is 2.71. The van der Waals surface area contributed by atoms with Crippen LogP contribution >= 0.6 is 0 Å². The van der Waals surface area contributed by atoms with Gasteiger partial charge in [0, 0.05) is 50.3 Å². The third kappa shape index (κ3) is 6.08. The zero-order valence-electron chi connectivity index (χ0n) is 19.3. The fraction of sp³-hybridized carbons (Fsp3) is 0.346. The molecule has 34 heavy (non-hydrogen) atoms. The van der Waals surface area contributed by atoms with Crippen molar-refractivity contribution in [2.45, 2.75) is 26.2 Å². The Bertz CT molecular complexity index is 1120. The van der Waals surface area contributed by atoms with Crippen LogP contribution in [0.5, 0.6) is 0 Å². The second-order valence-electron chi connectivity index (χ2n) is 8.34. The molecular weight excluding hydrogens is 435 g/mol. The summed E-state index contributed by atoms with van der Waals surface area (Å²) in [7, 11) is 0. The first-order valence-corrected chi connectivity index (χ1v) is 11.6. The maximum Gasteiger partial charge on any atom is 0.238 e. The van der Waals surface area contributed by atoms with Crippen LogP contribution in [-0.2, 0) is 22.4 Å². The zero-order valence-corrected chi connectivity index (χ0v) is 19.3. The van der Waals surface area contributed by atoms with Gasteiger partial charge in [0.05, 0.1) is 12.7 Å². The lowest BCUT2D eigenvalue weighted by molar-refractivity contribution is -0.133. The van der Waals surface area contributed by atoms with Crippen LogP contribution in [-0.4, -0.2) is 59.3 Å². The molecule has 0 atom stereocenters. The van der Waals surface area contributed by atoms with Crippen molar-refractivity contribution in [2.75, 3.05) is 38.0 Å². The largest absolute Gasteiger partial charge is 0.441 e. The number of aromatic nitrogens is 1. The topological polar surface area (TPSA) is 78.7 Å². The fourth-order valence-corrected chi connectivity index (χ4v) is 4.04. The van der Waals surface area contributed by atoms with Gasteiger partial charge in [0.25, 0.3) is 0 Å². The molecule has 2 aromatic carbocycles. The van der Waals surface area contributed by atoms with Crippen molar-refractivity contribution in [3.8, 4) is 11.3 Å². The van der Waals surface area contributed by atoms with Crippen molar-refractivity contribution in [3.05, 3.63) is 72.0 Å². The summed E-state index contributed by atoms with van der Waals surface area (Å²) in [5, 5.41) is 3.00. The number of carbonyl (C=O) groups is 2. The van der Waals surface area contributed by atoms with Gasteiger partial charge in [-0.1, -0.05) is 25.1 Å². The lowest BCUT2D eigenvalue weighted by Crippen LogP contribution is -2.50. The monoisotopic (exact) mass is 464 g/mol. The molecule has 0 saturated carbocycles. The minimum absolute atomic E-state index is 0.0403. The Morgan fingerprint density at radius 2 is 1.79 bits per heavy atom. The summed E-state index contributed by atoms with van der Waals surface area (Å²) in [6, 6.07) is 13.8. The van der Waals surface area contributed by atoms with Crippen LogP contribution in [0.4, 0.5) is 10.1 Å². The first-order chi connectivity index (χ1) is 16.5. The van der Waals surface area contributed by atoms with Crippen LogP contribution in [0.1, 0.15) is 24.8 Å². The quantitative estimate of drug-likeness (QED) is 0.549. The molecule has 1 aromatic heterocycles. The second kappa shape index (κ2) is 11.1. The standard InChI is InChI=1S/C26H29FN4O3/c1-2-19-5-3-4-6-22(19)29-24(32)18-30-13-15-31(16-14-30)26(33)12-11-25-28-17-23(34-25)20-7-9-21(27)10-8-20/h3-10,17H,2,11-16,18H2,1H3,(H,29,32). The van der Waals surface area contributed by atoms with Crippen molar-refractivity contribution in [1.82, 2.24) is 14.8 Å². The SMILES string of the molecule is CCc1ccccc1NC(=O)CN1CCN(C(=O)CCc2ncc(-c3ccc(F)cc3)o2)CC1. The minimum atomic E-state index is -0.309. The predicted octanol–water partition coefficient (Wildman–Crippen LogP) is 3.76. The molecule has 0 radical (unpaired) electrons. The first-order valence-electron chi connectivity index (χ1n) is 11.6. The number of amides is 2. The smallest absolute Gasteiger partial charge is 0.238 e. The van der Waals surface area contributed by atoms with E-state index in [0.29, 0.717) is 57.2 Å². The van der Waals surface area contributed by atoms with E-state index in [0.717, 1.165) is 23.2 Å². The number of rotatable bonds is 8. The molecule has 4 rings (SSSR count). The number of hydrogen-bond donors (Lipinski definition) is 1. The molecule has 0 bridgehead atoms. The Morgan fingerprint density at radius 3 is 2.53 bits per heavy atom. The molecule has 1 aliphatic heterocycles. The number of aryl methyl sites for hydroxylation is 2. The molecule has 1 fully saturated rings. The Kier molecular flexibility index (Phi) is 7.69. The lowest BCUT2D eigenvalue weighted by atomic mass is 10.1. The van der Waals surface area contributed by atoms with Crippen molar-refractivity contribution >= 4 is 17.5 Å². The fourth-order valence-electron chi connectivity index (χ4n) is 4.04. The van der Waals surface area contributed by atoms with E-state index in [9.17, 15) is 14.0 Å². The summed E-state index contributed by atoms with van der Waals surface area (Å²) < 4.78 is 18.8. The number of anilines is 1. The third-order valence-electron chi connectivity index (χ3n) is 6.00. The molecule has 0 spiro atoms. The van der Waals surface area contributed by atoms with E-state index in [1.165, 1.54) is 12.1 Å². The number of oxazole rings is 1. The highest BCUT2D eigenvalue weighted by Crippen LogP contribution is 2.21. The van der Waals surface area contributed by atoms with Gasteiger partial charge in [-0.15, -0.1) is 0 Å². The van der Waals surface area contributed by atoms with Gasteiger partial charge in [-0.2, -0.15) is 0 Å². The first kappa shape index (κ1) is 23.6. The van der Waals surface area contributed by atoms with E-state index >= 15 is 0 Å². The van der Waals surface area contributed by atoms with Gasteiger partial charge in [-0.25, -0.2) is 9.37 Å². The van der Waals surface area contributed by atoms with E-state index in [1.807, 2.05) is 29.2 Å². The highest BCUT2D eigenvalue weighted by atomic mass is 19.1. The molecule has 2 heterocycles. The second-order valence-corrected chi connectivity index (χ2v) is 8.34. The average molecular weight is 465 g/mol. The maximum absolute atomic E-state index is 13.1. The molecule has 1 saturated heterocycles. The van der Waals surface area contributed by atoms with Gasteiger partial charge < -0.3 is 14.6 Å². The van der Waals surface area contributed by atoms with Crippen LogP contribution in [0.15, 0.2) is 59.1 Å². The summed E-state index contributed by atoms with van der Waals surface area (Å²) >= 11 is 0. The van der Waals surface area contributed by atoms with Gasteiger partial charge >= 0.3 is 0 Å². The number of para-hydroxylation sites is 1. The molecule has 0 unspecified atom stereocenters. The van der Waals surface area contributed by atoms with E-state index in [1.54, 1.807) is 18.3 Å². The van der Waals surface area contributed by atoms with Gasteiger partial charge in [-0.3, -0.25) is 14.5 Å². The zero-order chi connectivity index (χ0) is 23.9. The Balaban J connectivity index is 1.20. The Hall–Kier alpha value is -3.52. The van der Waals surface area contributed by atoms with Crippen molar-refractivity contribution in [3.63, 3.8) is 0 Å². The number of carbonyl (C=O) groups excluding carboxylic acids is 2. The molecule has 3 aromatic rings. The highest BCUT2D eigenvalue weighted by Gasteiger charge is 2.23. The van der Waals surface area contributed by atoms with E-state index in [4.69, 9.17) is 4.42 Å². The van der Waals surface area contributed by atoms with E-state index in [-0.39, 0.29) is 17.6 Å². The molecule has 178 valence electrons. The Morgan fingerprint density at radius 1 is 1.06 bits per heavy atom. The minimum Gasteiger partial charge on any atom is -0.441 e. The van der Waals surface area contributed by atoms with Crippen LogP contribution < -0.4 is 5.32 Å². The van der Waals surface area contributed by atoms with E-state index in [2.05, 4.69) is 22.1 Å². The molecular formula is C26H29FN4O3. The third-order valence-corrected chi connectivity index (χ3v) is 6.00. The molecule has 7 nitrogen and oxygen atoms in total. The average Bonchev–Trinajstić information content (AvgIpc) is 3.33.